The largest absolute Gasteiger partial charge is 0.389 e. The van der Waals surface area contributed by atoms with Gasteiger partial charge in [-0.15, -0.1) is 0 Å². The summed E-state index contributed by atoms with van der Waals surface area (Å²) in [5.41, 5.74) is 2.04. The average Bonchev–Trinajstić information content (AvgIpc) is 2.99. The van der Waals surface area contributed by atoms with E-state index < -0.39 is 4.92 Å². The minimum absolute atomic E-state index is 0.153. The van der Waals surface area contributed by atoms with Gasteiger partial charge in [-0.05, 0) is 41.4 Å². The van der Waals surface area contributed by atoms with Gasteiger partial charge in [0.15, 0.2) is 0 Å². The summed E-state index contributed by atoms with van der Waals surface area (Å²) in [6.45, 7) is 4.82. The fourth-order valence-electron chi connectivity index (χ4n) is 2.84. The van der Waals surface area contributed by atoms with Gasteiger partial charge >= 0.3 is 5.82 Å². The Hall–Kier alpha value is -2.08. The van der Waals surface area contributed by atoms with Crippen molar-refractivity contribution in [2.24, 2.45) is 5.92 Å². The molecule has 1 aromatic carbocycles. The summed E-state index contributed by atoms with van der Waals surface area (Å²) in [6, 6.07) is 7.40. The summed E-state index contributed by atoms with van der Waals surface area (Å²) in [7, 11) is 0. The summed E-state index contributed by atoms with van der Waals surface area (Å²) in [4.78, 5) is 12.5. The number of nitrogens with zero attached hydrogens (tertiary/aromatic N) is 4. The van der Waals surface area contributed by atoms with Gasteiger partial charge in [0.05, 0.1) is 23.9 Å². The summed E-state index contributed by atoms with van der Waals surface area (Å²) < 4.78 is 1.53. The quantitative estimate of drug-likeness (QED) is 0.631. The third-order valence-corrected chi connectivity index (χ3v) is 4.68. The molecule has 1 saturated heterocycles. The van der Waals surface area contributed by atoms with E-state index in [9.17, 15) is 10.1 Å². The molecule has 0 N–H and O–H groups in total. The first-order valence-corrected chi connectivity index (χ1v) is 8.12. The molecule has 23 heavy (non-hydrogen) atoms. The number of benzene rings is 1. The molecule has 3 rings (SSSR count). The van der Waals surface area contributed by atoms with Crippen molar-refractivity contribution in [3.63, 3.8) is 0 Å². The van der Waals surface area contributed by atoms with Crippen LogP contribution in [0, 0.1) is 16.0 Å². The number of hydrogen-bond acceptors (Lipinski definition) is 4. The van der Waals surface area contributed by atoms with Crippen molar-refractivity contribution in [1.82, 2.24) is 9.78 Å². The van der Waals surface area contributed by atoms with Crippen molar-refractivity contribution in [2.45, 2.75) is 26.3 Å². The number of aromatic nitrogens is 2. The second kappa shape index (κ2) is 6.58. The topological polar surface area (TPSA) is 64.2 Å². The standard InChI is InChI=1S/C16H19ClN4O2/c1-12-4-7-19(8-5-12)14-3-2-13(15(17)10-14)11-20-9-6-16(18-20)21(22)23/h2-3,6,9-10,12H,4-5,7-8,11H2,1H3. The van der Waals surface area contributed by atoms with Gasteiger partial charge in [0.1, 0.15) is 0 Å². The summed E-state index contributed by atoms with van der Waals surface area (Å²) >= 11 is 6.39. The molecule has 6 nitrogen and oxygen atoms in total. The Bertz CT molecular complexity index is 708. The predicted molar refractivity (Wildman–Crippen MR) is 90.0 cm³/mol. The Morgan fingerprint density at radius 3 is 2.70 bits per heavy atom. The van der Waals surface area contributed by atoms with E-state index in [1.807, 2.05) is 12.1 Å². The molecule has 7 heteroatoms. The zero-order valence-electron chi connectivity index (χ0n) is 13.0. The lowest BCUT2D eigenvalue weighted by Gasteiger charge is -2.32. The van der Waals surface area contributed by atoms with Gasteiger partial charge in [-0.1, -0.05) is 24.6 Å². The molecular formula is C16H19ClN4O2. The highest BCUT2D eigenvalue weighted by Crippen LogP contribution is 2.28. The number of piperidine rings is 1. The highest BCUT2D eigenvalue weighted by Gasteiger charge is 2.17. The maximum Gasteiger partial charge on any atom is 0.389 e. The van der Waals surface area contributed by atoms with E-state index in [1.165, 1.54) is 23.6 Å². The van der Waals surface area contributed by atoms with E-state index in [4.69, 9.17) is 11.6 Å². The minimum Gasteiger partial charge on any atom is -0.371 e. The van der Waals surface area contributed by atoms with Crippen LogP contribution in [-0.4, -0.2) is 27.8 Å². The molecule has 0 saturated carbocycles. The van der Waals surface area contributed by atoms with E-state index in [0.29, 0.717) is 11.6 Å². The maximum atomic E-state index is 10.7. The first-order valence-electron chi connectivity index (χ1n) is 7.74. The number of halogens is 1. The second-order valence-electron chi connectivity index (χ2n) is 6.07. The number of rotatable bonds is 4. The molecule has 0 bridgehead atoms. The van der Waals surface area contributed by atoms with Crippen molar-refractivity contribution in [2.75, 3.05) is 18.0 Å². The fourth-order valence-corrected chi connectivity index (χ4v) is 3.07. The lowest BCUT2D eigenvalue weighted by Crippen LogP contribution is -2.32. The van der Waals surface area contributed by atoms with Gasteiger partial charge in [0, 0.05) is 23.8 Å². The highest BCUT2D eigenvalue weighted by molar-refractivity contribution is 6.31. The van der Waals surface area contributed by atoms with Gasteiger partial charge in [0.25, 0.3) is 0 Å². The number of anilines is 1. The molecule has 0 radical (unpaired) electrons. The SMILES string of the molecule is CC1CCN(c2ccc(Cn3ccc([N+](=O)[O-])n3)c(Cl)c2)CC1. The molecule has 1 aliphatic rings. The predicted octanol–water partition coefficient (Wildman–Crippen LogP) is 3.73. The van der Waals surface area contributed by atoms with Crippen LogP contribution in [-0.2, 0) is 6.54 Å². The molecule has 1 fully saturated rings. The fraction of sp³-hybridized carbons (Fsp3) is 0.438. The Morgan fingerprint density at radius 2 is 2.09 bits per heavy atom. The molecule has 122 valence electrons. The zero-order valence-corrected chi connectivity index (χ0v) is 13.7. The zero-order chi connectivity index (χ0) is 16.4. The van der Waals surface area contributed by atoms with Gasteiger partial charge in [-0.3, -0.25) is 0 Å². The van der Waals surface area contributed by atoms with Crippen molar-refractivity contribution in [3.05, 3.63) is 51.2 Å². The van der Waals surface area contributed by atoms with Crippen LogP contribution in [0.4, 0.5) is 11.5 Å². The first-order chi connectivity index (χ1) is 11.0. The Balaban J connectivity index is 1.72. The summed E-state index contributed by atoms with van der Waals surface area (Å²) in [6.07, 6.45) is 4.00. The van der Waals surface area contributed by atoms with Crippen molar-refractivity contribution in [1.29, 1.82) is 0 Å². The van der Waals surface area contributed by atoms with Crippen LogP contribution < -0.4 is 4.90 Å². The molecule has 2 aromatic rings. The third kappa shape index (κ3) is 3.64. The number of nitro groups is 1. The van der Waals surface area contributed by atoms with Crippen LogP contribution in [0.3, 0.4) is 0 Å². The molecule has 0 atom stereocenters. The highest BCUT2D eigenvalue weighted by atomic mass is 35.5. The second-order valence-corrected chi connectivity index (χ2v) is 6.48. The van der Waals surface area contributed by atoms with Crippen LogP contribution in [0.2, 0.25) is 5.02 Å². The first kappa shape index (κ1) is 15.8. The van der Waals surface area contributed by atoms with Gasteiger partial charge in [-0.25, -0.2) is 0 Å². The summed E-state index contributed by atoms with van der Waals surface area (Å²) in [5, 5.41) is 15.3. The van der Waals surface area contributed by atoms with Gasteiger partial charge < -0.3 is 15.0 Å². The summed E-state index contributed by atoms with van der Waals surface area (Å²) in [5.74, 6) is 0.636. The third-order valence-electron chi connectivity index (χ3n) is 4.33. The molecule has 2 heterocycles. The monoisotopic (exact) mass is 334 g/mol. The molecule has 0 spiro atoms. The van der Waals surface area contributed by atoms with E-state index in [2.05, 4.69) is 23.0 Å². The van der Waals surface area contributed by atoms with Crippen LogP contribution in [0.25, 0.3) is 0 Å². The van der Waals surface area contributed by atoms with E-state index in [1.54, 1.807) is 6.20 Å². The number of hydrogen-bond donors (Lipinski definition) is 0. The van der Waals surface area contributed by atoms with Gasteiger partial charge in [-0.2, -0.15) is 4.68 Å². The molecule has 0 aliphatic carbocycles. The van der Waals surface area contributed by atoms with Crippen LogP contribution in [0.15, 0.2) is 30.5 Å². The van der Waals surface area contributed by atoms with E-state index in [0.717, 1.165) is 30.3 Å². The van der Waals surface area contributed by atoms with Crippen LogP contribution in [0.5, 0.6) is 0 Å². The van der Waals surface area contributed by atoms with E-state index in [-0.39, 0.29) is 5.82 Å². The normalized spacial score (nSPS) is 15.8. The molecular weight excluding hydrogens is 316 g/mol. The lowest BCUT2D eigenvalue weighted by atomic mass is 9.98. The Morgan fingerprint density at radius 1 is 1.35 bits per heavy atom. The average molecular weight is 335 g/mol. The van der Waals surface area contributed by atoms with Crippen molar-refractivity contribution < 1.29 is 4.92 Å². The molecule has 0 unspecified atom stereocenters. The Kier molecular flexibility index (Phi) is 4.52. The Labute approximate surface area is 139 Å². The van der Waals surface area contributed by atoms with Crippen molar-refractivity contribution in [3.8, 4) is 0 Å². The molecule has 1 aliphatic heterocycles. The molecule has 1 aromatic heterocycles. The van der Waals surface area contributed by atoms with Crippen molar-refractivity contribution >= 4 is 23.1 Å². The van der Waals surface area contributed by atoms with Crippen LogP contribution >= 0.6 is 11.6 Å². The lowest BCUT2D eigenvalue weighted by molar-refractivity contribution is -0.389. The van der Waals surface area contributed by atoms with E-state index >= 15 is 0 Å². The van der Waals surface area contributed by atoms with Gasteiger partial charge in [0.2, 0.25) is 0 Å². The molecule has 0 amide bonds. The minimum atomic E-state index is -0.501. The smallest absolute Gasteiger partial charge is 0.371 e. The maximum absolute atomic E-state index is 10.7. The van der Waals surface area contributed by atoms with Crippen LogP contribution in [0.1, 0.15) is 25.3 Å².